The van der Waals surface area contributed by atoms with Crippen LogP contribution in [0, 0.1) is 0 Å². The van der Waals surface area contributed by atoms with Gasteiger partial charge in [0.05, 0.1) is 25.2 Å². The number of allylic oxidation sites excluding steroid dienone is 12. The van der Waals surface area contributed by atoms with E-state index in [1.807, 2.05) is 6.08 Å². The number of hydrogen-bond donors (Lipinski definition) is 3. The summed E-state index contributed by atoms with van der Waals surface area (Å²) in [5.41, 5.74) is 0. The fraction of sp³-hybridized carbons (Fsp3) is 0.745. The first-order valence-electron chi connectivity index (χ1n) is 25.7. The summed E-state index contributed by atoms with van der Waals surface area (Å²) < 4.78 is 5.89. The molecule has 0 saturated carbocycles. The van der Waals surface area contributed by atoms with Crippen molar-refractivity contribution in [3.63, 3.8) is 0 Å². The highest BCUT2D eigenvalue weighted by atomic mass is 16.5. The molecule has 0 fully saturated rings. The molecule has 0 bridgehead atoms. The monoisotopic (exact) mass is 852 g/mol. The first-order chi connectivity index (χ1) is 30.0. The fourth-order valence-corrected chi connectivity index (χ4v) is 7.41. The van der Waals surface area contributed by atoms with E-state index in [0.717, 1.165) is 77.0 Å². The zero-order chi connectivity index (χ0) is 44.5. The Balaban J connectivity index is 4.72. The lowest BCUT2D eigenvalue weighted by Crippen LogP contribution is -2.46. The zero-order valence-corrected chi connectivity index (χ0v) is 40.0. The second-order valence-corrected chi connectivity index (χ2v) is 17.2. The minimum Gasteiger partial charge on any atom is -0.462 e. The maximum absolute atomic E-state index is 13.2. The number of aliphatic hydroxyl groups is 2. The van der Waals surface area contributed by atoms with Crippen molar-refractivity contribution in [2.24, 2.45) is 0 Å². The highest BCUT2D eigenvalue weighted by Crippen LogP contribution is 2.17. The minimum absolute atomic E-state index is 0.0402. The van der Waals surface area contributed by atoms with Gasteiger partial charge in [-0.2, -0.15) is 0 Å². The molecule has 61 heavy (non-hydrogen) atoms. The molecule has 3 atom stereocenters. The van der Waals surface area contributed by atoms with Gasteiger partial charge in [0.25, 0.3) is 0 Å². The summed E-state index contributed by atoms with van der Waals surface area (Å²) in [7, 11) is 0. The molecule has 352 valence electrons. The van der Waals surface area contributed by atoms with Crippen LogP contribution in [0.3, 0.4) is 0 Å². The van der Waals surface area contributed by atoms with E-state index >= 15 is 0 Å². The molecule has 3 unspecified atom stereocenters. The molecule has 0 aliphatic heterocycles. The number of hydrogen-bond acceptors (Lipinski definition) is 5. The molecule has 0 spiro atoms. The largest absolute Gasteiger partial charge is 0.462 e. The quantitative estimate of drug-likeness (QED) is 0.0322. The number of rotatable bonds is 45. The van der Waals surface area contributed by atoms with Gasteiger partial charge in [0.15, 0.2) is 0 Å². The van der Waals surface area contributed by atoms with Crippen molar-refractivity contribution in [3.05, 3.63) is 72.9 Å². The number of unbranched alkanes of at least 4 members (excludes halogenated alkanes) is 21. The molecule has 0 rings (SSSR count). The lowest BCUT2D eigenvalue weighted by molar-refractivity contribution is -0.150. The van der Waals surface area contributed by atoms with E-state index in [1.165, 1.54) is 109 Å². The van der Waals surface area contributed by atoms with Crippen LogP contribution in [0.5, 0.6) is 0 Å². The molecule has 0 aromatic carbocycles. The standard InChI is InChI=1S/C55H97NO5/c1-4-7-10-13-16-19-22-24-26-28-30-33-36-39-42-45-48-55(60)61-51(46-43-40-37-34-32-29-27-25-23-20-17-14-11-8-5-2)49-54(59)56-52(50-57)53(58)47-44-41-38-35-31-21-18-15-12-9-6-3/h7,10,16,19,24-27,30,33,39,42,51-53,57-58H,4-6,8-9,11-15,17-18,20-23,28-29,31-32,34-38,40-41,43-50H2,1-3H3,(H,56,59)/b10-7+,19-16+,26-24+,27-25+,33-30+,42-39+. The van der Waals surface area contributed by atoms with Crippen molar-refractivity contribution >= 4 is 11.9 Å². The Labute approximate surface area is 377 Å². The second kappa shape index (κ2) is 48.3. The van der Waals surface area contributed by atoms with E-state index in [-0.39, 0.29) is 31.3 Å². The number of esters is 1. The number of carbonyl (C=O) groups is 2. The van der Waals surface area contributed by atoms with Gasteiger partial charge in [-0.15, -0.1) is 0 Å². The van der Waals surface area contributed by atoms with Gasteiger partial charge < -0.3 is 20.3 Å². The Morgan fingerprint density at radius 3 is 1.34 bits per heavy atom. The maximum atomic E-state index is 13.2. The third-order valence-electron chi connectivity index (χ3n) is 11.3. The lowest BCUT2D eigenvalue weighted by Gasteiger charge is -2.24. The predicted molar refractivity (Wildman–Crippen MR) is 264 cm³/mol. The molecule has 0 radical (unpaired) electrons. The number of nitrogens with one attached hydrogen (secondary N) is 1. The molecule has 0 aromatic heterocycles. The normalized spacial score (nSPS) is 13.9. The highest BCUT2D eigenvalue weighted by molar-refractivity contribution is 5.77. The number of amides is 1. The molecular formula is C55H97NO5. The number of carbonyl (C=O) groups excluding carboxylic acids is 2. The molecule has 6 heteroatoms. The van der Waals surface area contributed by atoms with Crippen molar-refractivity contribution in [1.29, 1.82) is 0 Å². The summed E-state index contributed by atoms with van der Waals surface area (Å²) in [5, 5.41) is 23.7. The van der Waals surface area contributed by atoms with Crippen molar-refractivity contribution in [2.75, 3.05) is 6.61 Å². The topological polar surface area (TPSA) is 95.9 Å². The third kappa shape index (κ3) is 43.7. The molecule has 6 nitrogen and oxygen atoms in total. The molecule has 0 aliphatic rings. The van der Waals surface area contributed by atoms with Gasteiger partial charge in [0.1, 0.15) is 6.10 Å². The van der Waals surface area contributed by atoms with E-state index in [4.69, 9.17) is 4.74 Å². The van der Waals surface area contributed by atoms with E-state index in [1.54, 1.807) is 0 Å². The van der Waals surface area contributed by atoms with Crippen LogP contribution in [0.15, 0.2) is 72.9 Å². The number of aliphatic hydroxyl groups excluding tert-OH is 2. The van der Waals surface area contributed by atoms with Crippen LogP contribution in [-0.2, 0) is 14.3 Å². The van der Waals surface area contributed by atoms with E-state index in [9.17, 15) is 19.8 Å². The van der Waals surface area contributed by atoms with Gasteiger partial charge in [0, 0.05) is 6.42 Å². The van der Waals surface area contributed by atoms with E-state index < -0.39 is 18.2 Å². The minimum atomic E-state index is -0.803. The Morgan fingerprint density at radius 1 is 0.492 bits per heavy atom. The van der Waals surface area contributed by atoms with Crippen LogP contribution < -0.4 is 5.32 Å². The Hall–Kier alpha value is -2.70. The van der Waals surface area contributed by atoms with Crippen molar-refractivity contribution in [3.8, 4) is 0 Å². The molecule has 0 aromatic rings. The molecular weight excluding hydrogens is 755 g/mol. The van der Waals surface area contributed by atoms with Crippen molar-refractivity contribution in [2.45, 2.75) is 257 Å². The Bertz CT molecular complexity index is 1140. The average molecular weight is 852 g/mol. The summed E-state index contributed by atoms with van der Waals surface area (Å²) in [6, 6.07) is -0.720. The molecule has 3 N–H and O–H groups in total. The summed E-state index contributed by atoms with van der Waals surface area (Å²) >= 11 is 0. The first kappa shape index (κ1) is 58.3. The SMILES string of the molecule is CC/C=C/C/C=C/C/C=C/C/C=C/C/C=C/CCC(=O)OC(CCCCCCC/C=C/CCCCCCCC)CC(=O)NC(CO)C(O)CCCCCCCCCCCCC. The van der Waals surface area contributed by atoms with Gasteiger partial charge in [-0.05, 0) is 83.5 Å². The smallest absolute Gasteiger partial charge is 0.306 e. The van der Waals surface area contributed by atoms with Crippen LogP contribution in [0.4, 0.5) is 0 Å². The van der Waals surface area contributed by atoms with Gasteiger partial charge in [0.2, 0.25) is 5.91 Å². The third-order valence-corrected chi connectivity index (χ3v) is 11.3. The summed E-state index contributed by atoms with van der Waals surface area (Å²) in [6.45, 7) is 6.34. The second-order valence-electron chi connectivity index (χ2n) is 17.2. The summed E-state index contributed by atoms with van der Waals surface area (Å²) in [5.74, 6) is -0.582. The number of ether oxygens (including phenoxy) is 1. The van der Waals surface area contributed by atoms with Crippen LogP contribution in [0.1, 0.15) is 239 Å². The lowest BCUT2D eigenvalue weighted by atomic mass is 10.0. The van der Waals surface area contributed by atoms with Crippen molar-refractivity contribution in [1.82, 2.24) is 5.32 Å². The van der Waals surface area contributed by atoms with Crippen LogP contribution >= 0.6 is 0 Å². The predicted octanol–water partition coefficient (Wildman–Crippen LogP) is 15.4. The van der Waals surface area contributed by atoms with Crippen LogP contribution in [-0.4, -0.2) is 46.9 Å². The fourth-order valence-electron chi connectivity index (χ4n) is 7.41. The maximum Gasteiger partial charge on any atom is 0.306 e. The first-order valence-corrected chi connectivity index (χ1v) is 25.7. The molecule has 0 aliphatic carbocycles. The van der Waals surface area contributed by atoms with Gasteiger partial charge in [-0.3, -0.25) is 9.59 Å². The Morgan fingerprint density at radius 2 is 0.885 bits per heavy atom. The molecule has 0 heterocycles. The Kier molecular flexibility index (Phi) is 46.2. The molecule has 0 saturated heterocycles. The van der Waals surface area contributed by atoms with Crippen LogP contribution in [0.25, 0.3) is 0 Å². The van der Waals surface area contributed by atoms with E-state index in [2.05, 4.69) is 92.9 Å². The summed E-state index contributed by atoms with van der Waals surface area (Å²) in [4.78, 5) is 26.1. The highest BCUT2D eigenvalue weighted by Gasteiger charge is 2.24. The van der Waals surface area contributed by atoms with Crippen LogP contribution in [0.2, 0.25) is 0 Å². The van der Waals surface area contributed by atoms with Gasteiger partial charge in [-0.1, -0.05) is 216 Å². The van der Waals surface area contributed by atoms with Gasteiger partial charge in [-0.25, -0.2) is 0 Å². The molecule has 1 amide bonds. The van der Waals surface area contributed by atoms with Gasteiger partial charge >= 0.3 is 5.97 Å². The summed E-state index contributed by atoms with van der Waals surface area (Å²) in [6.07, 6.45) is 61.1. The van der Waals surface area contributed by atoms with E-state index in [0.29, 0.717) is 19.3 Å². The zero-order valence-electron chi connectivity index (χ0n) is 40.0. The van der Waals surface area contributed by atoms with Crippen molar-refractivity contribution < 1.29 is 24.5 Å². The average Bonchev–Trinajstić information content (AvgIpc) is 3.25.